The molecule has 1 amide bonds. The molecule has 1 aliphatic rings. The van der Waals surface area contributed by atoms with Crippen LogP contribution in [0.1, 0.15) is 30.1 Å². The van der Waals surface area contributed by atoms with Gasteiger partial charge in [0.1, 0.15) is 5.82 Å². The first-order chi connectivity index (χ1) is 10.4. The largest absolute Gasteiger partial charge is 0.390 e. The molecule has 22 heavy (non-hydrogen) atoms. The van der Waals surface area contributed by atoms with E-state index in [4.69, 9.17) is 11.6 Å². The zero-order valence-electron chi connectivity index (χ0n) is 12.9. The van der Waals surface area contributed by atoms with Crippen molar-refractivity contribution in [1.29, 1.82) is 0 Å². The summed E-state index contributed by atoms with van der Waals surface area (Å²) in [5.74, 6) is -0.693. The number of benzene rings is 1. The van der Waals surface area contributed by atoms with Gasteiger partial charge < -0.3 is 10.0 Å². The fourth-order valence-electron chi connectivity index (χ4n) is 2.73. The highest BCUT2D eigenvalue weighted by Crippen LogP contribution is 2.19. The Hall–Kier alpha value is -1.17. The molecule has 0 aliphatic carbocycles. The van der Waals surface area contributed by atoms with Crippen molar-refractivity contribution >= 4 is 17.5 Å². The number of aliphatic hydroxyl groups excluding tert-OH is 1. The highest BCUT2D eigenvalue weighted by Gasteiger charge is 2.29. The fraction of sp³-hybridized carbons (Fsp3) is 0.562. The number of halogens is 2. The minimum absolute atomic E-state index is 0.0443. The molecule has 1 N–H and O–H groups in total. The summed E-state index contributed by atoms with van der Waals surface area (Å²) in [6.07, 6.45) is 1.59. The van der Waals surface area contributed by atoms with Crippen LogP contribution in [0.5, 0.6) is 0 Å². The van der Waals surface area contributed by atoms with Crippen LogP contribution >= 0.6 is 11.6 Å². The van der Waals surface area contributed by atoms with E-state index in [0.29, 0.717) is 18.7 Å². The van der Waals surface area contributed by atoms with E-state index in [2.05, 4.69) is 11.8 Å². The van der Waals surface area contributed by atoms with Gasteiger partial charge in [0.05, 0.1) is 11.1 Å². The molecule has 0 radical (unpaired) electrons. The molecule has 1 heterocycles. The standard InChI is InChI=1S/C16H22ClFN2O2/c1-3-4-12(8-20-9-13(21)10-20)19(2)16(22)11-5-6-15(18)14(17)7-11/h5-7,12-13,21H,3-4,8-10H2,1-2H3. The zero-order chi connectivity index (χ0) is 16.3. The van der Waals surface area contributed by atoms with E-state index in [1.807, 2.05) is 0 Å². The molecule has 1 unspecified atom stereocenters. The summed E-state index contributed by atoms with van der Waals surface area (Å²) in [6, 6.07) is 4.10. The van der Waals surface area contributed by atoms with Crippen molar-refractivity contribution in [2.75, 3.05) is 26.7 Å². The minimum atomic E-state index is -0.527. The highest BCUT2D eigenvalue weighted by molar-refractivity contribution is 6.31. The molecule has 1 aromatic carbocycles. The predicted molar refractivity (Wildman–Crippen MR) is 84.6 cm³/mol. The van der Waals surface area contributed by atoms with Crippen LogP contribution in [0.2, 0.25) is 5.02 Å². The first-order valence-corrected chi connectivity index (χ1v) is 7.92. The van der Waals surface area contributed by atoms with Crippen LogP contribution in [0.3, 0.4) is 0 Å². The molecule has 122 valence electrons. The quantitative estimate of drug-likeness (QED) is 0.872. The van der Waals surface area contributed by atoms with Crippen molar-refractivity contribution in [2.45, 2.75) is 31.9 Å². The molecule has 1 atom stereocenters. The van der Waals surface area contributed by atoms with Gasteiger partial charge in [-0.15, -0.1) is 0 Å². The fourth-order valence-corrected chi connectivity index (χ4v) is 2.91. The van der Waals surface area contributed by atoms with Crippen molar-refractivity contribution in [3.8, 4) is 0 Å². The molecule has 1 fully saturated rings. The molecule has 0 aromatic heterocycles. The molecular formula is C16H22ClFN2O2. The molecule has 1 aromatic rings. The monoisotopic (exact) mass is 328 g/mol. The molecule has 6 heteroatoms. The van der Waals surface area contributed by atoms with Gasteiger partial charge in [-0.25, -0.2) is 4.39 Å². The lowest BCUT2D eigenvalue weighted by Gasteiger charge is -2.40. The van der Waals surface area contributed by atoms with Crippen molar-refractivity contribution in [3.63, 3.8) is 0 Å². The molecule has 0 bridgehead atoms. The number of carbonyl (C=O) groups is 1. The number of β-amino-alcohol motifs (C(OH)–C–C–N with tert-alkyl or cyclic N) is 1. The maximum absolute atomic E-state index is 13.2. The number of nitrogens with zero attached hydrogens (tertiary/aromatic N) is 2. The Kier molecular flexibility index (Phi) is 5.78. The van der Waals surface area contributed by atoms with Crippen LogP contribution in [0, 0.1) is 5.82 Å². The Morgan fingerprint density at radius 2 is 2.23 bits per heavy atom. The summed E-state index contributed by atoms with van der Waals surface area (Å²) in [5, 5.41) is 9.33. The molecule has 0 spiro atoms. The van der Waals surface area contributed by atoms with Crippen LogP contribution in [0.25, 0.3) is 0 Å². The highest BCUT2D eigenvalue weighted by atomic mass is 35.5. The molecule has 2 rings (SSSR count). The topological polar surface area (TPSA) is 43.8 Å². The number of amides is 1. The second-order valence-electron chi connectivity index (χ2n) is 5.86. The molecule has 0 saturated carbocycles. The first kappa shape index (κ1) is 17.2. The Bertz CT molecular complexity index is 535. The lowest BCUT2D eigenvalue weighted by molar-refractivity contribution is -0.0113. The molecule has 4 nitrogen and oxygen atoms in total. The van der Waals surface area contributed by atoms with E-state index >= 15 is 0 Å². The van der Waals surface area contributed by atoms with Gasteiger partial charge in [0.2, 0.25) is 0 Å². The van der Waals surface area contributed by atoms with E-state index in [9.17, 15) is 14.3 Å². The summed E-state index contributed by atoms with van der Waals surface area (Å²) in [7, 11) is 1.76. The lowest BCUT2D eigenvalue weighted by atomic mass is 10.1. The SMILES string of the molecule is CCCC(CN1CC(O)C1)N(C)C(=O)c1ccc(F)c(Cl)c1. The van der Waals surface area contributed by atoms with Crippen LogP contribution in [0.4, 0.5) is 4.39 Å². The van der Waals surface area contributed by atoms with Gasteiger partial charge in [-0.1, -0.05) is 24.9 Å². The van der Waals surface area contributed by atoms with Gasteiger partial charge in [-0.05, 0) is 24.6 Å². The lowest BCUT2D eigenvalue weighted by Crippen LogP contribution is -2.55. The Morgan fingerprint density at radius 1 is 1.55 bits per heavy atom. The van der Waals surface area contributed by atoms with E-state index < -0.39 is 5.82 Å². The summed E-state index contributed by atoms with van der Waals surface area (Å²) >= 11 is 5.75. The van der Waals surface area contributed by atoms with Crippen LogP contribution in [-0.4, -0.2) is 59.6 Å². The maximum atomic E-state index is 13.2. The van der Waals surface area contributed by atoms with E-state index in [1.165, 1.54) is 18.2 Å². The second kappa shape index (κ2) is 7.40. The number of rotatable bonds is 6. The average molecular weight is 329 g/mol. The summed E-state index contributed by atoms with van der Waals surface area (Å²) in [5.41, 5.74) is 0.388. The number of likely N-dealkylation sites (tertiary alicyclic amines) is 1. The minimum Gasteiger partial charge on any atom is -0.390 e. The van der Waals surface area contributed by atoms with Crippen LogP contribution in [0.15, 0.2) is 18.2 Å². The van der Waals surface area contributed by atoms with Gasteiger partial charge in [0.25, 0.3) is 5.91 Å². The van der Waals surface area contributed by atoms with Crippen molar-refractivity contribution in [1.82, 2.24) is 9.80 Å². The Morgan fingerprint density at radius 3 is 2.77 bits per heavy atom. The van der Waals surface area contributed by atoms with E-state index in [1.54, 1.807) is 11.9 Å². The summed E-state index contributed by atoms with van der Waals surface area (Å²) in [6.45, 7) is 4.13. The number of hydrogen-bond acceptors (Lipinski definition) is 3. The van der Waals surface area contributed by atoms with E-state index in [-0.39, 0.29) is 23.1 Å². The number of likely N-dealkylation sites (N-methyl/N-ethyl adjacent to an activating group) is 1. The van der Waals surface area contributed by atoms with Gasteiger partial charge >= 0.3 is 0 Å². The second-order valence-corrected chi connectivity index (χ2v) is 6.27. The van der Waals surface area contributed by atoms with Gasteiger partial charge in [-0.3, -0.25) is 9.69 Å². The number of carbonyl (C=O) groups excluding carboxylic acids is 1. The molecule has 1 aliphatic heterocycles. The van der Waals surface area contributed by atoms with Crippen molar-refractivity contribution < 1.29 is 14.3 Å². The first-order valence-electron chi connectivity index (χ1n) is 7.55. The van der Waals surface area contributed by atoms with Crippen molar-refractivity contribution in [3.05, 3.63) is 34.6 Å². The Balaban J connectivity index is 2.05. The van der Waals surface area contributed by atoms with Gasteiger partial charge in [-0.2, -0.15) is 0 Å². The van der Waals surface area contributed by atoms with Crippen molar-refractivity contribution in [2.24, 2.45) is 0 Å². The number of aliphatic hydroxyl groups is 1. The summed E-state index contributed by atoms with van der Waals surface area (Å²) in [4.78, 5) is 16.4. The van der Waals surface area contributed by atoms with Crippen LogP contribution < -0.4 is 0 Å². The van der Waals surface area contributed by atoms with Gasteiger partial charge in [0, 0.05) is 38.3 Å². The normalized spacial score (nSPS) is 17.1. The maximum Gasteiger partial charge on any atom is 0.253 e. The number of hydrogen-bond donors (Lipinski definition) is 1. The van der Waals surface area contributed by atoms with Gasteiger partial charge in [0.15, 0.2) is 0 Å². The zero-order valence-corrected chi connectivity index (χ0v) is 13.7. The average Bonchev–Trinajstić information content (AvgIpc) is 2.46. The van der Waals surface area contributed by atoms with Crippen LogP contribution in [-0.2, 0) is 0 Å². The Labute approximate surface area is 135 Å². The predicted octanol–water partition coefficient (Wildman–Crippen LogP) is 2.40. The summed E-state index contributed by atoms with van der Waals surface area (Å²) < 4.78 is 13.2. The third-order valence-electron chi connectivity index (χ3n) is 4.06. The third-order valence-corrected chi connectivity index (χ3v) is 4.35. The molecular weight excluding hydrogens is 307 g/mol. The third kappa shape index (κ3) is 3.97. The van der Waals surface area contributed by atoms with E-state index in [0.717, 1.165) is 19.4 Å². The smallest absolute Gasteiger partial charge is 0.253 e. The molecule has 1 saturated heterocycles.